The number of aryl methyl sites for hydroxylation is 2. The van der Waals surface area contributed by atoms with Crippen LogP contribution in [0.2, 0.25) is 5.02 Å². The topological polar surface area (TPSA) is 50.1 Å². The number of halogens is 1. The maximum Gasteiger partial charge on any atom is 0.280 e. The van der Waals surface area contributed by atoms with Gasteiger partial charge in [-0.15, -0.1) is 0 Å². The predicted octanol–water partition coefficient (Wildman–Crippen LogP) is 4.19. The third-order valence-electron chi connectivity index (χ3n) is 3.64. The van der Waals surface area contributed by atoms with Gasteiger partial charge in [0.15, 0.2) is 0 Å². The van der Waals surface area contributed by atoms with Gasteiger partial charge in [-0.25, -0.2) is 4.68 Å². The Labute approximate surface area is 139 Å². The van der Waals surface area contributed by atoms with Crippen LogP contribution in [-0.2, 0) is 0 Å². The Hall–Kier alpha value is -2.59. The highest BCUT2D eigenvalue weighted by Gasteiger charge is 2.10. The van der Waals surface area contributed by atoms with Crippen LogP contribution >= 0.6 is 11.6 Å². The van der Waals surface area contributed by atoms with E-state index in [2.05, 4.69) is 10.1 Å². The quantitative estimate of drug-likeness (QED) is 0.721. The lowest BCUT2D eigenvalue weighted by atomic mass is 10.2. The number of nitrogens with one attached hydrogen (secondary N) is 1. The van der Waals surface area contributed by atoms with E-state index >= 15 is 0 Å². The molecule has 0 aliphatic carbocycles. The molecule has 23 heavy (non-hydrogen) atoms. The van der Waals surface area contributed by atoms with Gasteiger partial charge in [-0.2, -0.15) is 0 Å². The Kier molecular flexibility index (Phi) is 4.17. The largest absolute Gasteiger partial charge is 0.295 e. The number of aromatic amines is 1. The number of nitrogens with zero attached hydrogens (tertiary/aromatic N) is 2. The molecule has 116 valence electrons. The van der Waals surface area contributed by atoms with Gasteiger partial charge in [-0.1, -0.05) is 35.9 Å². The Bertz CT molecular complexity index is 923. The first-order chi connectivity index (χ1) is 11.1. The second kappa shape index (κ2) is 6.26. The first-order valence-electron chi connectivity index (χ1n) is 7.23. The van der Waals surface area contributed by atoms with E-state index in [9.17, 15) is 4.79 Å². The lowest BCUT2D eigenvalue weighted by Crippen LogP contribution is -2.17. The fourth-order valence-electron chi connectivity index (χ4n) is 2.33. The Morgan fingerprint density at radius 1 is 1.13 bits per heavy atom. The van der Waals surface area contributed by atoms with Gasteiger partial charge in [0.25, 0.3) is 5.56 Å². The molecule has 0 atom stereocenters. The van der Waals surface area contributed by atoms with Crippen molar-refractivity contribution in [2.75, 3.05) is 0 Å². The SMILES string of the molecule is Cc1ccc(Cl)cc1N=Cc1c(C)[nH]n(-c2ccccc2)c1=O. The van der Waals surface area contributed by atoms with E-state index in [1.807, 2.05) is 56.3 Å². The van der Waals surface area contributed by atoms with Gasteiger partial charge < -0.3 is 0 Å². The molecule has 0 saturated heterocycles. The summed E-state index contributed by atoms with van der Waals surface area (Å²) >= 11 is 6.00. The van der Waals surface area contributed by atoms with Gasteiger partial charge >= 0.3 is 0 Å². The zero-order valence-corrected chi connectivity index (χ0v) is 13.6. The molecule has 0 unspecified atom stereocenters. The standard InChI is InChI=1S/C18H16ClN3O/c1-12-8-9-14(19)10-17(12)20-11-16-13(2)21-22(18(16)23)15-6-4-3-5-7-15/h3-11,21H,1-2H3. The number of hydrogen-bond acceptors (Lipinski definition) is 2. The van der Waals surface area contributed by atoms with Crippen LogP contribution in [0.3, 0.4) is 0 Å². The number of H-pyrrole nitrogens is 1. The van der Waals surface area contributed by atoms with Crippen LogP contribution in [-0.4, -0.2) is 16.0 Å². The van der Waals surface area contributed by atoms with Crippen LogP contribution in [0.4, 0.5) is 5.69 Å². The van der Waals surface area contributed by atoms with Crippen molar-refractivity contribution in [2.24, 2.45) is 4.99 Å². The Morgan fingerprint density at radius 2 is 1.87 bits per heavy atom. The highest BCUT2D eigenvalue weighted by Crippen LogP contribution is 2.22. The van der Waals surface area contributed by atoms with E-state index in [1.165, 1.54) is 4.68 Å². The highest BCUT2D eigenvalue weighted by atomic mass is 35.5. The zero-order chi connectivity index (χ0) is 16.4. The van der Waals surface area contributed by atoms with Crippen LogP contribution in [0.1, 0.15) is 16.8 Å². The molecular formula is C18H16ClN3O. The molecule has 0 spiro atoms. The Morgan fingerprint density at radius 3 is 2.61 bits per heavy atom. The summed E-state index contributed by atoms with van der Waals surface area (Å²) in [5, 5.41) is 3.70. The third kappa shape index (κ3) is 3.12. The van der Waals surface area contributed by atoms with E-state index in [0.717, 1.165) is 22.6 Å². The normalized spacial score (nSPS) is 11.3. The van der Waals surface area contributed by atoms with Crippen molar-refractivity contribution in [3.8, 4) is 5.69 Å². The number of para-hydroxylation sites is 1. The van der Waals surface area contributed by atoms with E-state index in [0.29, 0.717) is 10.6 Å². The second-order valence-electron chi connectivity index (χ2n) is 5.32. The van der Waals surface area contributed by atoms with Crippen molar-refractivity contribution in [3.05, 3.63) is 80.7 Å². The summed E-state index contributed by atoms with van der Waals surface area (Å²) in [5.41, 5.74) is 3.72. The van der Waals surface area contributed by atoms with Crippen LogP contribution in [0, 0.1) is 13.8 Å². The summed E-state index contributed by atoms with van der Waals surface area (Å²) < 4.78 is 1.52. The number of benzene rings is 2. The molecule has 0 radical (unpaired) electrons. The van der Waals surface area contributed by atoms with Gasteiger partial charge in [0, 0.05) is 16.9 Å². The number of aliphatic imine (C=N–C) groups is 1. The molecule has 2 aromatic carbocycles. The van der Waals surface area contributed by atoms with Crippen molar-refractivity contribution in [1.82, 2.24) is 9.78 Å². The number of hydrogen-bond donors (Lipinski definition) is 1. The van der Waals surface area contributed by atoms with Crippen LogP contribution in [0.25, 0.3) is 5.69 Å². The molecule has 0 amide bonds. The summed E-state index contributed by atoms with van der Waals surface area (Å²) in [4.78, 5) is 17.0. The smallest absolute Gasteiger partial charge is 0.280 e. The lowest BCUT2D eigenvalue weighted by molar-refractivity contribution is 0.835. The minimum absolute atomic E-state index is 0.128. The molecule has 0 saturated carbocycles. The second-order valence-corrected chi connectivity index (χ2v) is 5.75. The maximum absolute atomic E-state index is 12.6. The monoisotopic (exact) mass is 325 g/mol. The molecule has 5 heteroatoms. The molecule has 0 aliphatic heterocycles. The van der Waals surface area contributed by atoms with Crippen molar-refractivity contribution < 1.29 is 0 Å². The van der Waals surface area contributed by atoms with Crippen molar-refractivity contribution >= 4 is 23.5 Å². The molecule has 3 rings (SSSR count). The van der Waals surface area contributed by atoms with Crippen LogP contribution in [0.5, 0.6) is 0 Å². The number of aromatic nitrogens is 2. The van der Waals surface area contributed by atoms with Gasteiger partial charge in [0.05, 0.1) is 16.9 Å². The van der Waals surface area contributed by atoms with E-state index in [4.69, 9.17) is 11.6 Å². The minimum Gasteiger partial charge on any atom is -0.295 e. The van der Waals surface area contributed by atoms with E-state index < -0.39 is 0 Å². The molecule has 1 N–H and O–H groups in total. The molecule has 0 fully saturated rings. The summed E-state index contributed by atoms with van der Waals surface area (Å²) in [5.74, 6) is 0. The Balaban J connectivity index is 2.02. The van der Waals surface area contributed by atoms with E-state index in [-0.39, 0.29) is 5.56 Å². The molecule has 1 aromatic heterocycles. The van der Waals surface area contributed by atoms with Crippen molar-refractivity contribution in [3.63, 3.8) is 0 Å². The van der Waals surface area contributed by atoms with Gasteiger partial charge in [0.2, 0.25) is 0 Å². The summed E-state index contributed by atoms with van der Waals surface area (Å²) in [6, 6.07) is 14.9. The minimum atomic E-state index is -0.128. The van der Waals surface area contributed by atoms with Crippen LogP contribution < -0.4 is 5.56 Å². The van der Waals surface area contributed by atoms with Crippen molar-refractivity contribution in [2.45, 2.75) is 13.8 Å². The fourth-order valence-corrected chi connectivity index (χ4v) is 2.49. The average molecular weight is 326 g/mol. The molecule has 1 heterocycles. The van der Waals surface area contributed by atoms with Gasteiger partial charge in [0.1, 0.15) is 0 Å². The lowest BCUT2D eigenvalue weighted by Gasteiger charge is -1.99. The zero-order valence-electron chi connectivity index (χ0n) is 12.9. The molecule has 4 nitrogen and oxygen atoms in total. The fraction of sp³-hybridized carbons (Fsp3) is 0.111. The van der Waals surface area contributed by atoms with Crippen LogP contribution in [0.15, 0.2) is 58.3 Å². The summed E-state index contributed by atoms with van der Waals surface area (Å²) in [7, 11) is 0. The van der Waals surface area contributed by atoms with Gasteiger partial charge in [-0.05, 0) is 43.7 Å². The molecule has 0 aliphatic rings. The number of rotatable bonds is 3. The molecule has 3 aromatic rings. The predicted molar refractivity (Wildman–Crippen MR) is 94.6 cm³/mol. The van der Waals surface area contributed by atoms with E-state index in [1.54, 1.807) is 12.3 Å². The maximum atomic E-state index is 12.6. The third-order valence-corrected chi connectivity index (χ3v) is 3.87. The molecular weight excluding hydrogens is 310 g/mol. The summed E-state index contributed by atoms with van der Waals surface area (Å²) in [6.07, 6.45) is 1.59. The first kappa shape index (κ1) is 15.3. The average Bonchev–Trinajstić information content (AvgIpc) is 2.84. The molecule has 0 bridgehead atoms. The summed E-state index contributed by atoms with van der Waals surface area (Å²) in [6.45, 7) is 3.81. The van der Waals surface area contributed by atoms with Gasteiger partial charge in [-0.3, -0.25) is 14.9 Å². The highest BCUT2D eigenvalue weighted by molar-refractivity contribution is 6.30. The first-order valence-corrected chi connectivity index (χ1v) is 7.61. The van der Waals surface area contributed by atoms with Crippen molar-refractivity contribution in [1.29, 1.82) is 0 Å².